The Balaban J connectivity index is 1.56. The molecule has 3 heterocycles. The molecule has 4 rings (SSSR count). The first-order valence-electron chi connectivity index (χ1n) is 9.10. The van der Waals surface area contributed by atoms with Gasteiger partial charge in [-0.2, -0.15) is 0 Å². The summed E-state index contributed by atoms with van der Waals surface area (Å²) in [5, 5.41) is 4.68. The molecule has 0 aliphatic carbocycles. The number of quaternary nitrogens is 1. The van der Waals surface area contributed by atoms with E-state index in [-0.39, 0.29) is 5.54 Å². The van der Waals surface area contributed by atoms with Crippen LogP contribution in [-0.4, -0.2) is 48.4 Å². The number of nitrogens with zero attached hydrogens (tertiary/aromatic N) is 2. The van der Waals surface area contributed by atoms with E-state index < -0.39 is 0 Å². The van der Waals surface area contributed by atoms with E-state index in [9.17, 15) is 0 Å². The first-order chi connectivity index (χ1) is 12.6. The zero-order valence-corrected chi connectivity index (χ0v) is 16.1. The second kappa shape index (κ2) is 7.31. The van der Waals surface area contributed by atoms with Crippen LogP contribution in [0.5, 0.6) is 0 Å². The Bertz CT molecular complexity index is 872. The summed E-state index contributed by atoms with van der Waals surface area (Å²) in [6, 6.07) is 12.6. The number of aromatic nitrogens is 2. The number of rotatable bonds is 5. The molecular weight excluding hydrogens is 344 g/mol. The summed E-state index contributed by atoms with van der Waals surface area (Å²) in [6.07, 6.45) is 1.66. The summed E-state index contributed by atoms with van der Waals surface area (Å²) in [6.45, 7) is 9.30. The smallest absolute Gasteiger partial charge is 0.138 e. The van der Waals surface area contributed by atoms with Gasteiger partial charge < -0.3 is 15.0 Å². The number of anilines is 1. The van der Waals surface area contributed by atoms with Crippen LogP contribution in [0.1, 0.15) is 13.8 Å². The summed E-state index contributed by atoms with van der Waals surface area (Å²) in [4.78, 5) is 12.8. The van der Waals surface area contributed by atoms with Crippen molar-refractivity contribution in [2.24, 2.45) is 0 Å². The maximum Gasteiger partial charge on any atom is 0.138 e. The van der Waals surface area contributed by atoms with Crippen molar-refractivity contribution in [2.75, 3.05) is 38.2 Å². The summed E-state index contributed by atoms with van der Waals surface area (Å²) < 4.78 is 5.50. The number of thiophene rings is 1. The molecule has 0 saturated carbocycles. The van der Waals surface area contributed by atoms with Crippen LogP contribution in [-0.2, 0) is 4.74 Å². The van der Waals surface area contributed by atoms with Gasteiger partial charge in [-0.05, 0) is 25.5 Å². The molecule has 2 aromatic heterocycles. The molecule has 1 aliphatic rings. The van der Waals surface area contributed by atoms with E-state index in [4.69, 9.17) is 4.74 Å². The molecule has 1 fully saturated rings. The average Bonchev–Trinajstić information content (AvgIpc) is 3.13. The van der Waals surface area contributed by atoms with E-state index in [2.05, 4.69) is 59.5 Å². The third-order valence-electron chi connectivity index (χ3n) is 5.14. The fourth-order valence-corrected chi connectivity index (χ4v) is 4.47. The van der Waals surface area contributed by atoms with E-state index in [0.717, 1.165) is 48.9 Å². The third kappa shape index (κ3) is 3.58. The van der Waals surface area contributed by atoms with Crippen LogP contribution in [0.4, 0.5) is 5.82 Å². The topological polar surface area (TPSA) is 51.5 Å². The minimum absolute atomic E-state index is 0.124. The van der Waals surface area contributed by atoms with E-state index in [1.165, 1.54) is 10.4 Å². The van der Waals surface area contributed by atoms with Gasteiger partial charge in [0.25, 0.3) is 0 Å². The fourth-order valence-electron chi connectivity index (χ4n) is 3.47. The van der Waals surface area contributed by atoms with Crippen molar-refractivity contribution in [2.45, 2.75) is 19.4 Å². The molecule has 0 bridgehead atoms. The number of hydrogen-bond donors (Lipinski definition) is 2. The minimum Gasteiger partial charge on any atom is -0.370 e. The summed E-state index contributed by atoms with van der Waals surface area (Å²) in [7, 11) is 0. The lowest BCUT2D eigenvalue weighted by Crippen LogP contribution is -3.21. The van der Waals surface area contributed by atoms with Gasteiger partial charge in [-0.25, -0.2) is 9.97 Å². The monoisotopic (exact) mass is 369 g/mol. The molecule has 0 spiro atoms. The van der Waals surface area contributed by atoms with Crippen LogP contribution in [0.2, 0.25) is 0 Å². The van der Waals surface area contributed by atoms with Gasteiger partial charge in [0.15, 0.2) is 0 Å². The summed E-state index contributed by atoms with van der Waals surface area (Å²) in [5.41, 5.74) is 1.35. The number of morpholine rings is 1. The Labute approximate surface area is 158 Å². The summed E-state index contributed by atoms with van der Waals surface area (Å²) >= 11 is 1.71. The Morgan fingerprint density at radius 3 is 2.69 bits per heavy atom. The number of hydrogen-bond acceptors (Lipinski definition) is 5. The minimum atomic E-state index is 0.124. The first-order valence-corrected chi connectivity index (χ1v) is 9.92. The number of ether oxygens (including phenoxy) is 1. The molecule has 0 amide bonds. The van der Waals surface area contributed by atoms with Crippen LogP contribution in [0.3, 0.4) is 0 Å². The third-order valence-corrected chi connectivity index (χ3v) is 6.23. The van der Waals surface area contributed by atoms with E-state index in [1.807, 2.05) is 6.07 Å². The Morgan fingerprint density at radius 2 is 1.92 bits per heavy atom. The van der Waals surface area contributed by atoms with Crippen molar-refractivity contribution in [3.63, 3.8) is 0 Å². The molecule has 1 aliphatic heterocycles. The highest BCUT2D eigenvalue weighted by Crippen LogP contribution is 2.34. The maximum absolute atomic E-state index is 5.50. The van der Waals surface area contributed by atoms with Gasteiger partial charge in [0, 0.05) is 4.88 Å². The lowest BCUT2D eigenvalue weighted by molar-refractivity contribution is -0.953. The van der Waals surface area contributed by atoms with Gasteiger partial charge in [-0.1, -0.05) is 30.3 Å². The number of benzene rings is 1. The molecule has 0 unspecified atom stereocenters. The molecule has 26 heavy (non-hydrogen) atoms. The van der Waals surface area contributed by atoms with Gasteiger partial charge in [0.1, 0.15) is 35.6 Å². The SMILES string of the molecule is CC(C)(CNc1ncnc2sc(-c3ccccc3)cc12)[NH+]1CCOCC1. The molecule has 2 N–H and O–H groups in total. The number of nitrogens with one attached hydrogen (secondary N) is 2. The first kappa shape index (κ1) is 17.4. The van der Waals surface area contributed by atoms with Crippen molar-refractivity contribution < 1.29 is 9.64 Å². The highest BCUT2D eigenvalue weighted by atomic mass is 32.1. The lowest BCUT2D eigenvalue weighted by atomic mass is 10.0. The molecule has 1 saturated heterocycles. The normalized spacial score (nSPS) is 16.1. The van der Waals surface area contributed by atoms with Crippen molar-refractivity contribution in [3.05, 3.63) is 42.7 Å². The van der Waals surface area contributed by atoms with Gasteiger partial charge in [0.05, 0.1) is 25.1 Å². The molecule has 3 aromatic rings. The van der Waals surface area contributed by atoms with E-state index >= 15 is 0 Å². The van der Waals surface area contributed by atoms with Crippen molar-refractivity contribution in [3.8, 4) is 10.4 Å². The Morgan fingerprint density at radius 1 is 1.15 bits per heavy atom. The van der Waals surface area contributed by atoms with Crippen LogP contribution < -0.4 is 10.2 Å². The number of fused-ring (bicyclic) bond motifs is 1. The van der Waals surface area contributed by atoms with E-state index in [1.54, 1.807) is 22.6 Å². The zero-order valence-electron chi connectivity index (χ0n) is 15.3. The quantitative estimate of drug-likeness (QED) is 0.725. The predicted molar refractivity (Wildman–Crippen MR) is 107 cm³/mol. The van der Waals surface area contributed by atoms with Crippen LogP contribution in [0.25, 0.3) is 20.7 Å². The van der Waals surface area contributed by atoms with Gasteiger partial charge in [0.2, 0.25) is 0 Å². The molecule has 6 heteroatoms. The van der Waals surface area contributed by atoms with Crippen LogP contribution in [0, 0.1) is 0 Å². The highest BCUT2D eigenvalue weighted by molar-refractivity contribution is 7.21. The maximum atomic E-state index is 5.50. The molecule has 5 nitrogen and oxygen atoms in total. The molecule has 136 valence electrons. The molecule has 1 aromatic carbocycles. The summed E-state index contributed by atoms with van der Waals surface area (Å²) in [5.74, 6) is 0.925. The lowest BCUT2D eigenvalue weighted by Gasteiger charge is -2.37. The van der Waals surface area contributed by atoms with Gasteiger partial charge in [-0.3, -0.25) is 0 Å². The van der Waals surface area contributed by atoms with Crippen LogP contribution >= 0.6 is 11.3 Å². The van der Waals surface area contributed by atoms with Crippen molar-refractivity contribution >= 4 is 27.4 Å². The Hall–Kier alpha value is -2.02. The predicted octanol–water partition coefficient (Wildman–Crippen LogP) is 2.46. The average molecular weight is 370 g/mol. The fraction of sp³-hybridized carbons (Fsp3) is 0.400. The van der Waals surface area contributed by atoms with Crippen molar-refractivity contribution in [1.82, 2.24) is 9.97 Å². The second-order valence-corrected chi connectivity index (χ2v) is 8.40. The molecule has 0 atom stereocenters. The zero-order chi connectivity index (χ0) is 18.0. The van der Waals surface area contributed by atoms with Crippen molar-refractivity contribution in [1.29, 1.82) is 0 Å². The molecular formula is C20H25N4OS+. The van der Waals surface area contributed by atoms with Crippen LogP contribution in [0.15, 0.2) is 42.7 Å². The largest absolute Gasteiger partial charge is 0.370 e. The Kier molecular flexibility index (Phi) is 4.89. The second-order valence-electron chi connectivity index (χ2n) is 7.37. The standard InChI is InChI=1S/C20H24N4OS/c1-20(2,24-8-10-25-11-9-24)13-21-18-16-12-17(15-6-4-3-5-7-15)26-19(16)23-14-22-18/h3-7,12,14H,8-11,13H2,1-2H3,(H,21,22,23)/p+1. The molecule has 0 radical (unpaired) electrons. The van der Waals surface area contributed by atoms with Gasteiger partial charge >= 0.3 is 0 Å². The van der Waals surface area contributed by atoms with E-state index in [0.29, 0.717) is 0 Å². The highest BCUT2D eigenvalue weighted by Gasteiger charge is 2.32. The van der Waals surface area contributed by atoms with Gasteiger partial charge in [-0.15, -0.1) is 11.3 Å².